The zero-order valence-corrected chi connectivity index (χ0v) is 14.4. The van der Waals surface area contributed by atoms with E-state index in [-0.39, 0.29) is 0 Å². The molecule has 0 atom stereocenters. The van der Waals surface area contributed by atoms with E-state index < -0.39 is 0 Å². The average molecular weight is 344 g/mol. The topological polar surface area (TPSA) is 27.7 Å². The predicted molar refractivity (Wildman–Crippen MR) is 103 cm³/mol. The molecule has 0 bridgehead atoms. The van der Waals surface area contributed by atoms with Gasteiger partial charge >= 0.3 is 0 Å². The Hall–Kier alpha value is -3.20. The molecule has 1 aliphatic rings. The van der Waals surface area contributed by atoms with Crippen LogP contribution in [0.15, 0.2) is 78.9 Å². The molecule has 3 heteroatoms. The largest absolute Gasteiger partial charge is 0.485 e. The van der Waals surface area contributed by atoms with Gasteiger partial charge in [-0.25, -0.2) is 0 Å². The fourth-order valence-corrected chi connectivity index (χ4v) is 2.86. The van der Waals surface area contributed by atoms with Crippen LogP contribution in [0.1, 0.15) is 16.7 Å². The van der Waals surface area contributed by atoms with Crippen molar-refractivity contribution in [1.82, 2.24) is 0 Å². The summed E-state index contributed by atoms with van der Waals surface area (Å²) >= 11 is 0. The van der Waals surface area contributed by atoms with Gasteiger partial charge in [-0.2, -0.15) is 0 Å². The van der Waals surface area contributed by atoms with Gasteiger partial charge in [0.25, 0.3) is 0 Å². The van der Waals surface area contributed by atoms with E-state index in [4.69, 9.17) is 14.2 Å². The molecule has 0 unspecified atom stereocenters. The van der Waals surface area contributed by atoms with Crippen LogP contribution in [0.2, 0.25) is 0 Å². The van der Waals surface area contributed by atoms with Crippen LogP contribution in [0.25, 0.3) is 6.08 Å². The Bertz CT molecular complexity index is 886. The molecule has 1 heterocycles. The van der Waals surface area contributed by atoms with Crippen molar-refractivity contribution in [2.75, 3.05) is 6.61 Å². The number of hydrogen-bond acceptors (Lipinski definition) is 3. The average Bonchev–Trinajstić information content (AvgIpc) is 2.72. The molecule has 0 spiro atoms. The van der Waals surface area contributed by atoms with Crippen molar-refractivity contribution < 1.29 is 14.2 Å². The minimum Gasteiger partial charge on any atom is -0.485 e. The molecule has 0 radical (unpaired) electrons. The first kappa shape index (κ1) is 16.3. The van der Waals surface area contributed by atoms with Gasteiger partial charge in [0.15, 0.2) is 11.5 Å². The van der Waals surface area contributed by atoms with E-state index in [0.717, 1.165) is 22.4 Å². The summed E-state index contributed by atoms with van der Waals surface area (Å²) in [6.07, 6.45) is 4.04. The van der Waals surface area contributed by atoms with Gasteiger partial charge in [0, 0.05) is 5.56 Å². The van der Waals surface area contributed by atoms with Crippen molar-refractivity contribution in [2.45, 2.75) is 13.2 Å². The van der Waals surface area contributed by atoms with Gasteiger partial charge < -0.3 is 14.2 Å². The van der Waals surface area contributed by atoms with Crippen LogP contribution in [0.4, 0.5) is 0 Å². The zero-order chi connectivity index (χ0) is 17.6. The zero-order valence-electron chi connectivity index (χ0n) is 14.4. The van der Waals surface area contributed by atoms with Gasteiger partial charge in [-0.3, -0.25) is 0 Å². The molecule has 0 aliphatic carbocycles. The highest BCUT2D eigenvalue weighted by molar-refractivity contribution is 5.68. The quantitative estimate of drug-likeness (QED) is 0.611. The summed E-state index contributed by atoms with van der Waals surface area (Å²) in [5.74, 6) is 2.10. The lowest BCUT2D eigenvalue weighted by molar-refractivity contribution is 0.238. The van der Waals surface area contributed by atoms with Gasteiger partial charge in [-0.1, -0.05) is 66.7 Å². The number of benzene rings is 3. The molecule has 0 N–H and O–H groups in total. The predicted octanol–water partition coefficient (Wildman–Crippen LogP) is 5.25. The van der Waals surface area contributed by atoms with Crippen LogP contribution in [-0.4, -0.2) is 6.61 Å². The molecule has 130 valence electrons. The lowest BCUT2D eigenvalue weighted by Gasteiger charge is -2.20. The summed E-state index contributed by atoms with van der Waals surface area (Å²) in [4.78, 5) is 0. The number of ether oxygens (including phenoxy) is 3. The SMILES string of the molecule is C1=Cc2ccc(OCc3ccccc3)c(OCc3ccccc3)c2OC1. The lowest BCUT2D eigenvalue weighted by atomic mass is 10.1. The Morgan fingerprint density at radius 1 is 0.731 bits per heavy atom. The molecule has 3 aromatic carbocycles. The summed E-state index contributed by atoms with van der Waals surface area (Å²) in [5, 5.41) is 0. The maximum Gasteiger partial charge on any atom is 0.204 e. The number of hydrogen-bond donors (Lipinski definition) is 0. The van der Waals surface area contributed by atoms with Crippen LogP contribution < -0.4 is 14.2 Å². The van der Waals surface area contributed by atoms with Crippen LogP contribution in [0.5, 0.6) is 17.2 Å². The van der Waals surface area contributed by atoms with Crippen LogP contribution >= 0.6 is 0 Å². The number of rotatable bonds is 6. The summed E-state index contributed by atoms with van der Waals surface area (Å²) in [7, 11) is 0. The van der Waals surface area contributed by atoms with E-state index in [1.165, 1.54) is 0 Å². The molecule has 0 aromatic heterocycles. The summed E-state index contributed by atoms with van der Waals surface area (Å²) in [5.41, 5.74) is 3.22. The molecular formula is C23H20O3. The standard InChI is InChI=1S/C23H20O3/c1-3-8-18(9-4-1)16-25-21-14-13-20-12-7-15-24-22(20)23(21)26-17-19-10-5-2-6-11-19/h1-14H,15-17H2. The number of fused-ring (bicyclic) bond motifs is 1. The first-order chi connectivity index (χ1) is 12.9. The molecule has 3 aromatic rings. The molecule has 4 rings (SSSR count). The van der Waals surface area contributed by atoms with Crippen molar-refractivity contribution in [3.63, 3.8) is 0 Å². The van der Waals surface area contributed by atoms with Crippen molar-refractivity contribution >= 4 is 6.08 Å². The highest BCUT2D eigenvalue weighted by atomic mass is 16.5. The third-order valence-electron chi connectivity index (χ3n) is 4.19. The van der Waals surface area contributed by atoms with E-state index >= 15 is 0 Å². The second kappa shape index (κ2) is 7.79. The molecule has 26 heavy (non-hydrogen) atoms. The third-order valence-corrected chi connectivity index (χ3v) is 4.19. The fraction of sp³-hybridized carbons (Fsp3) is 0.130. The van der Waals surface area contributed by atoms with E-state index in [9.17, 15) is 0 Å². The molecule has 0 amide bonds. The Morgan fingerprint density at radius 3 is 2.08 bits per heavy atom. The molecule has 0 saturated carbocycles. The smallest absolute Gasteiger partial charge is 0.204 e. The van der Waals surface area contributed by atoms with Gasteiger partial charge in [0.1, 0.15) is 19.8 Å². The Kier molecular flexibility index (Phi) is 4.88. The Labute approximate surface area is 153 Å². The van der Waals surface area contributed by atoms with Gasteiger partial charge in [-0.15, -0.1) is 0 Å². The lowest BCUT2D eigenvalue weighted by Crippen LogP contribution is -2.06. The van der Waals surface area contributed by atoms with E-state index in [2.05, 4.69) is 6.08 Å². The minimum absolute atomic E-state index is 0.464. The van der Waals surface area contributed by atoms with Gasteiger partial charge in [0.05, 0.1) is 0 Å². The highest BCUT2D eigenvalue weighted by Crippen LogP contribution is 2.42. The van der Waals surface area contributed by atoms with E-state index in [1.807, 2.05) is 78.9 Å². The van der Waals surface area contributed by atoms with Crippen LogP contribution in [-0.2, 0) is 13.2 Å². The van der Waals surface area contributed by atoms with Crippen molar-refractivity contribution in [3.8, 4) is 17.2 Å². The normalized spacial score (nSPS) is 12.2. The first-order valence-electron chi connectivity index (χ1n) is 8.70. The first-order valence-corrected chi connectivity index (χ1v) is 8.70. The van der Waals surface area contributed by atoms with E-state index in [1.54, 1.807) is 0 Å². The highest BCUT2D eigenvalue weighted by Gasteiger charge is 2.18. The second-order valence-corrected chi connectivity index (χ2v) is 6.07. The second-order valence-electron chi connectivity index (χ2n) is 6.07. The Morgan fingerprint density at radius 2 is 1.38 bits per heavy atom. The molecule has 1 aliphatic heterocycles. The summed E-state index contributed by atoms with van der Waals surface area (Å²) < 4.78 is 18.0. The van der Waals surface area contributed by atoms with Crippen LogP contribution in [0.3, 0.4) is 0 Å². The molecule has 0 fully saturated rings. The Balaban J connectivity index is 1.59. The van der Waals surface area contributed by atoms with Crippen molar-refractivity contribution in [2.24, 2.45) is 0 Å². The molecule has 3 nitrogen and oxygen atoms in total. The fourth-order valence-electron chi connectivity index (χ4n) is 2.86. The van der Waals surface area contributed by atoms with Crippen molar-refractivity contribution in [1.29, 1.82) is 0 Å². The minimum atomic E-state index is 0.464. The molecular weight excluding hydrogens is 324 g/mol. The van der Waals surface area contributed by atoms with E-state index in [0.29, 0.717) is 31.3 Å². The van der Waals surface area contributed by atoms with Gasteiger partial charge in [-0.05, 0) is 29.3 Å². The van der Waals surface area contributed by atoms with Gasteiger partial charge in [0.2, 0.25) is 5.75 Å². The summed E-state index contributed by atoms with van der Waals surface area (Å²) in [6, 6.07) is 24.1. The third kappa shape index (κ3) is 3.72. The maximum atomic E-state index is 6.13. The van der Waals surface area contributed by atoms with Crippen molar-refractivity contribution in [3.05, 3.63) is 95.6 Å². The van der Waals surface area contributed by atoms with Crippen LogP contribution in [0, 0.1) is 0 Å². The summed E-state index contributed by atoms with van der Waals surface area (Å²) in [6.45, 7) is 1.49. The monoisotopic (exact) mass is 344 g/mol. The molecule has 0 saturated heterocycles. The maximum absolute atomic E-state index is 6.13.